The minimum Gasteiger partial charge on any atom is -0.480 e. The molecule has 1 aliphatic rings. The number of rotatable bonds is 6. The van der Waals surface area contributed by atoms with Crippen LogP contribution in [0.25, 0.3) is 0 Å². The molecule has 1 unspecified atom stereocenters. The summed E-state index contributed by atoms with van der Waals surface area (Å²) in [6.07, 6.45) is -0.0834. The summed E-state index contributed by atoms with van der Waals surface area (Å²) < 4.78 is 5.33. The minimum absolute atomic E-state index is 0.00481. The molecular weight excluding hydrogens is 228 g/mol. The number of aliphatic carboxylic acids is 1. The lowest BCUT2D eigenvalue weighted by atomic mass is 10.1. The number of aliphatic hydroxyl groups excluding tert-OH is 1. The van der Waals surface area contributed by atoms with Crippen molar-refractivity contribution < 1.29 is 24.5 Å². The number of carboxylic acids is 1. The Morgan fingerprint density at radius 2 is 2.29 bits per heavy atom. The van der Waals surface area contributed by atoms with Crippen molar-refractivity contribution in [3.05, 3.63) is 0 Å². The summed E-state index contributed by atoms with van der Waals surface area (Å²) in [5, 5.41) is 22.9. The monoisotopic (exact) mass is 246 g/mol. The van der Waals surface area contributed by atoms with Crippen LogP contribution in [-0.2, 0) is 14.3 Å². The quantitative estimate of drug-likeness (QED) is 0.446. The zero-order valence-corrected chi connectivity index (χ0v) is 9.52. The molecule has 7 heteroatoms. The number of carboxylic acid groups (broad SMARTS) is 1. The van der Waals surface area contributed by atoms with Gasteiger partial charge in [0, 0.05) is 26.1 Å². The molecule has 1 saturated heterocycles. The lowest BCUT2D eigenvalue weighted by Crippen LogP contribution is -2.45. The molecule has 1 fully saturated rings. The molecular formula is C10H18N2O5. The van der Waals surface area contributed by atoms with Crippen LogP contribution in [0.15, 0.2) is 0 Å². The van der Waals surface area contributed by atoms with Gasteiger partial charge in [0.25, 0.3) is 0 Å². The van der Waals surface area contributed by atoms with E-state index in [1.54, 1.807) is 0 Å². The summed E-state index contributed by atoms with van der Waals surface area (Å²) in [5.74, 6) is -1.52. The average Bonchev–Trinajstić information content (AvgIpc) is 2.29. The van der Waals surface area contributed by atoms with Crippen molar-refractivity contribution in [3.8, 4) is 0 Å². The number of carbonyl (C=O) groups excluding carboxylic acids is 1. The normalized spacial score (nSPS) is 21.8. The molecule has 0 aromatic heterocycles. The molecule has 0 radical (unpaired) electrons. The van der Waals surface area contributed by atoms with E-state index in [2.05, 4.69) is 10.6 Å². The molecule has 0 aromatic carbocycles. The van der Waals surface area contributed by atoms with Gasteiger partial charge in [-0.2, -0.15) is 0 Å². The third-order valence-corrected chi connectivity index (χ3v) is 2.47. The maximum atomic E-state index is 11.5. The number of amides is 1. The molecule has 1 heterocycles. The van der Waals surface area contributed by atoms with E-state index in [9.17, 15) is 9.59 Å². The molecule has 4 N–H and O–H groups in total. The number of carbonyl (C=O) groups is 2. The van der Waals surface area contributed by atoms with Crippen LogP contribution in [0.1, 0.15) is 12.8 Å². The Morgan fingerprint density at radius 1 is 1.53 bits per heavy atom. The van der Waals surface area contributed by atoms with Crippen LogP contribution in [0, 0.1) is 0 Å². The standard InChI is InChI=1S/C10H18N2O5/c13-3-1-8(10(15)16)12-9(14)5-7-6-11-2-4-17-7/h7-8,11,13H,1-6H2,(H,12,14)(H,15,16)/t7?,8-/m1/s1. The smallest absolute Gasteiger partial charge is 0.326 e. The number of hydrogen-bond donors (Lipinski definition) is 4. The molecule has 2 atom stereocenters. The van der Waals surface area contributed by atoms with Gasteiger partial charge in [-0.1, -0.05) is 0 Å². The van der Waals surface area contributed by atoms with Gasteiger partial charge in [0.2, 0.25) is 5.91 Å². The van der Waals surface area contributed by atoms with E-state index in [0.717, 1.165) is 6.54 Å². The zero-order valence-electron chi connectivity index (χ0n) is 9.52. The van der Waals surface area contributed by atoms with Gasteiger partial charge in [0.1, 0.15) is 6.04 Å². The van der Waals surface area contributed by atoms with Crippen LogP contribution in [0.4, 0.5) is 0 Å². The summed E-state index contributed by atoms with van der Waals surface area (Å²) in [5.41, 5.74) is 0. The predicted molar refractivity (Wildman–Crippen MR) is 58.5 cm³/mol. The third kappa shape index (κ3) is 5.12. The minimum atomic E-state index is -1.14. The molecule has 7 nitrogen and oxygen atoms in total. The molecule has 0 saturated carbocycles. The Hall–Kier alpha value is -1.18. The fourth-order valence-electron chi connectivity index (χ4n) is 1.60. The van der Waals surface area contributed by atoms with Crippen molar-refractivity contribution in [2.24, 2.45) is 0 Å². The topological polar surface area (TPSA) is 108 Å². The van der Waals surface area contributed by atoms with Gasteiger partial charge < -0.3 is 25.6 Å². The van der Waals surface area contributed by atoms with Crippen LogP contribution >= 0.6 is 0 Å². The van der Waals surface area contributed by atoms with Gasteiger partial charge in [-0.15, -0.1) is 0 Å². The summed E-state index contributed by atoms with van der Waals surface area (Å²) >= 11 is 0. The number of morpholine rings is 1. The highest BCUT2D eigenvalue weighted by atomic mass is 16.5. The van der Waals surface area contributed by atoms with Crippen LogP contribution in [-0.4, -0.2) is 60.5 Å². The first-order valence-corrected chi connectivity index (χ1v) is 5.59. The van der Waals surface area contributed by atoms with Crippen molar-refractivity contribution >= 4 is 11.9 Å². The summed E-state index contributed by atoms with van der Waals surface area (Å²) in [6, 6.07) is -1.04. The molecule has 98 valence electrons. The Morgan fingerprint density at radius 3 is 2.82 bits per heavy atom. The van der Waals surface area contributed by atoms with Gasteiger partial charge in [-0.3, -0.25) is 4.79 Å². The van der Waals surface area contributed by atoms with E-state index in [-0.39, 0.29) is 31.5 Å². The van der Waals surface area contributed by atoms with Crippen molar-refractivity contribution in [3.63, 3.8) is 0 Å². The second-order valence-electron chi connectivity index (χ2n) is 3.87. The molecule has 0 bridgehead atoms. The highest BCUT2D eigenvalue weighted by Gasteiger charge is 2.22. The van der Waals surface area contributed by atoms with E-state index in [0.29, 0.717) is 13.2 Å². The second-order valence-corrected chi connectivity index (χ2v) is 3.87. The molecule has 0 spiro atoms. The van der Waals surface area contributed by atoms with Crippen LogP contribution < -0.4 is 10.6 Å². The van der Waals surface area contributed by atoms with Gasteiger partial charge in [-0.25, -0.2) is 4.79 Å². The second kappa shape index (κ2) is 7.21. The Labute approximate surface area is 99.1 Å². The molecule has 1 aliphatic heterocycles. The Bertz CT molecular complexity index is 265. The number of nitrogens with one attached hydrogen (secondary N) is 2. The molecule has 1 rings (SSSR count). The summed E-state index contributed by atoms with van der Waals surface area (Å²) in [4.78, 5) is 22.3. The SMILES string of the molecule is O=C(CC1CNCCO1)N[C@H](CCO)C(=O)O. The lowest BCUT2D eigenvalue weighted by Gasteiger charge is -2.23. The first-order valence-electron chi connectivity index (χ1n) is 5.59. The molecule has 0 aromatic rings. The van der Waals surface area contributed by atoms with Gasteiger partial charge in [0.15, 0.2) is 0 Å². The molecule has 1 amide bonds. The largest absolute Gasteiger partial charge is 0.480 e. The van der Waals surface area contributed by atoms with E-state index in [1.165, 1.54) is 0 Å². The first kappa shape index (κ1) is 13.9. The number of ether oxygens (including phenoxy) is 1. The lowest BCUT2D eigenvalue weighted by molar-refractivity contribution is -0.142. The molecule has 17 heavy (non-hydrogen) atoms. The van der Waals surface area contributed by atoms with Crippen LogP contribution in [0.5, 0.6) is 0 Å². The van der Waals surface area contributed by atoms with Gasteiger partial charge in [0.05, 0.1) is 19.1 Å². The highest BCUT2D eigenvalue weighted by molar-refractivity contribution is 5.83. The zero-order chi connectivity index (χ0) is 12.7. The first-order chi connectivity index (χ1) is 8.13. The maximum absolute atomic E-state index is 11.5. The predicted octanol–water partition coefficient (Wildman–Crippen LogP) is -1.68. The fraction of sp³-hybridized carbons (Fsp3) is 0.800. The van der Waals surface area contributed by atoms with Crippen LogP contribution in [0.3, 0.4) is 0 Å². The molecule has 0 aliphatic carbocycles. The Balaban J connectivity index is 2.33. The van der Waals surface area contributed by atoms with Gasteiger partial charge >= 0.3 is 5.97 Å². The summed E-state index contributed by atoms with van der Waals surface area (Å²) in [6.45, 7) is 1.63. The average molecular weight is 246 g/mol. The van der Waals surface area contributed by atoms with Crippen molar-refractivity contribution in [1.82, 2.24) is 10.6 Å². The maximum Gasteiger partial charge on any atom is 0.326 e. The number of hydrogen-bond acceptors (Lipinski definition) is 5. The van der Waals surface area contributed by atoms with Crippen molar-refractivity contribution in [2.45, 2.75) is 25.0 Å². The fourth-order valence-corrected chi connectivity index (χ4v) is 1.60. The van der Waals surface area contributed by atoms with E-state index < -0.39 is 12.0 Å². The number of aliphatic hydroxyl groups is 1. The third-order valence-electron chi connectivity index (χ3n) is 2.47. The van der Waals surface area contributed by atoms with Crippen molar-refractivity contribution in [1.29, 1.82) is 0 Å². The Kier molecular flexibility index (Phi) is 5.88. The van der Waals surface area contributed by atoms with Crippen molar-refractivity contribution in [2.75, 3.05) is 26.3 Å². The van der Waals surface area contributed by atoms with Gasteiger partial charge in [-0.05, 0) is 0 Å². The summed E-state index contributed by atoms with van der Waals surface area (Å²) in [7, 11) is 0. The van der Waals surface area contributed by atoms with E-state index in [1.807, 2.05) is 0 Å². The highest BCUT2D eigenvalue weighted by Crippen LogP contribution is 2.02. The van der Waals surface area contributed by atoms with E-state index >= 15 is 0 Å². The van der Waals surface area contributed by atoms with Crippen LogP contribution in [0.2, 0.25) is 0 Å². The van der Waals surface area contributed by atoms with E-state index in [4.69, 9.17) is 14.9 Å².